The molecular weight excluding hydrogens is 408 g/mol. The van der Waals surface area contributed by atoms with Gasteiger partial charge in [0.1, 0.15) is 12.4 Å². The van der Waals surface area contributed by atoms with E-state index in [-0.39, 0.29) is 5.91 Å². The zero-order valence-corrected chi connectivity index (χ0v) is 20.1. The summed E-state index contributed by atoms with van der Waals surface area (Å²) in [7, 11) is 4.05. The minimum Gasteiger partial charge on any atom is -0.492 e. The SMILES string of the molecule is Cc1ccc(C2C=CC3CCCC(C(=O)Nc4cccc(OCCN(C)C)c4)=C3CC2)cc1. The van der Waals surface area contributed by atoms with E-state index in [4.69, 9.17) is 4.74 Å². The van der Waals surface area contributed by atoms with Crippen molar-refractivity contribution in [1.29, 1.82) is 0 Å². The van der Waals surface area contributed by atoms with Gasteiger partial charge in [0.05, 0.1) is 0 Å². The third kappa shape index (κ3) is 6.14. The minimum atomic E-state index is 0.0438. The predicted octanol–water partition coefficient (Wildman–Crippen LogP) is 6.10. The van der Waals surface area contributed by atoms with E-state index in [1.165, 1.54) is 16.7 Å². The van der Waals surface area contributed by atoms with Crippen LogP contribution in [0.2, 0.25) is 0 Å². The normalized spacial score (nSPS) is 20.4. The van der Waals surface area contributed by atoms with Crippen LogP contribution in [0.25, 0.3) is 0 Å². The number of carbonyl (C=O) groups excluding carboxylic acids is 1. The first-order valence-electron chi connectivity index (χ1n) is 12.2. The van der Waals surface area contributed by atoms with Gasteiger partial charge in [-0.05, 0) is 76.7 Å². The van der Waals surface area contributed by atoms with E-state index in [0.717, 1.165) is 55.7 Å². The smallest absolute Gasteiger partial charge is 0.251 e. The second-order valence-electron chi connectivity index (χ2n) is 9.58. The summed E-state index contributed by atoms with van der Waals surface area (Å²) in [6.07, 6.45) is 9.82. The third-order valence-corrected chi connectivity index (χ3v) is 6.76. The standard InChI is InChI=1S/C29H36N2O2/c1-21-10-12-22(13-11-21)23-14-15-24-6-4-9-28(27(24)17-16-23)29(32)30-25-7-5-8-26(20-25)33-19-18-31(2)3/h5,7-8,10-15,20,23-24H,4,6,9,16-19H2,1-3H3,(H,30,32). The molecule has 174 valence electrons. The molecule has 4 heteroatoms. The van der Waals surface area contributed by atoms with E-state index in [1.54, 1.807) is 0 Å². The highest BCUT2D eigenvalue weighted by Crippen LogP contribution is 2.40. The summed E-state index contributed by atoms with van der Waals surface area (Å²) in [6.45, 7) is 3.60. The van der Waals surface area contributed by atoms with Gasteiger partial charge in [0.2, 0.25) is 0 Å². The lowest BCUT2D eigenvalue weighted by molar-refractivity contribution is -0.113. The van der Waals surface area contributed by atoms with Gasteiger partial charge >= 0.3 is 0 Å². The number of hydrogen-bond donors (Lipinski definition) is 1. The first-order chi connectivity index (χ1) is 16.0. The molecule has 1 N–H and O–H groups in total. The van der Waals surface area contributed by atoms with E-state index in [2.05, 4.69) is 53.6 Å². The first kappa shape index (κ1) is 23.3. The highest BCUT2D eigenvalue weighted by molar-refractivity contribution is 6.04. The van der Waals surface area contributed by atoms with E-state index in [1.807, 2.05) is 38.4 Å². The largest absolute Gasteiger partial charge is 0.492 e. The van der Waals surface area contributed by atoms with Gasteiger partial charge in [0.25, 0.3) is 5.91 Å². The number of allylic oxidation sites excluding steroid dienone is 3. The highest BCUT2D eigenvalue weighted by Gasteiger charge is 2.28. The molecule has 0 saturated carbocycles. The molecule has 4 nitrogen and oxygen atoms in total. The molecule has 33 heavy (non-hydrogen) atoms. The molecule has 2 aliphatic rings. The quantitative estimate of drug-likeness (QED) is 0.524. The Morgan fingerprint density at radius 2 is 1.82 bits per heavy atom. The number of fused-ring (bicyclic) bond motifs is 1. The third-order valence-electron chi connectivity index (χ3n) is 6.76. The molecule has 0 bridgehead atoms. The topological polar surface area (TPSA) is 41.6 Å². The molecule has 0 saturated heterocycles. The molecular formula is C29H36N2O2. The average Bonchev–Trinajstić information content (AvgIpc) is 3.02. The van der Waals surface area contributed by atoms with Crippen molar-refractivity contribution < 1.29 is 9.53 Å². The fraction of sp³-hybridized carbons (Fsp3) is 0.414. The molecule has 2 unspecified atom stereocenters. The van der Waals surface area contributed by atoms with Crippen LogP contribution in [0.3, 0.4) is 0 Å². The highest BCUT2D eigenvalue weighted by atomic mass is 16.5. The van der Waals surface area contributed by atoms with Crippen LogP contribution in [0.5, 0.6) is 5.75 Å². The Balaban J connectivity index is 1.46. The molecule has 0 fully saturated rings. The van der Waals surface area contributed by atoms with Crippen LogP contribution in [0.1, 0.15) is 49.1 Å². The van der Waals surface area contributed by atoms with E-state index in [9.17, 15) is 4.79 Å². The van der Waals surface area contributed by atoms with Crippen LogP contribution in [0.4, 0.5) is 5.69 Å². The predicted molar refractivity (Wildman–Crippen MR) is 136 cm³/mol. The van der Waals surface area contributed by atoms with Crippen LogP contribution < -0.4 is 10.1 Å². The van der Waals surface area contributed by atoms with Gasteiger partial charge in [-0.15, -0.1) is 0 Å². The summed E-state index contributed by atoms with van der Waals surface area (Å²) in [4.78, 5) is 15.4. The van der Waals surface area contributed by atoms with Crippen LogP contribution in [0, 0.1) is 12.8 Å². The van der Waals surface area contributed by atoms with Crippen molar-refractivity contribution in [3.63, 3.8) is 0 Å². The number of nitrogens with one attached hydrogen (secondary N) is 1. The number of anilines is 1. The Bertz CT molecular complexity index is 1020. The number of rotatable bonds is 7. The summed E-state index contributed by atoms with van der Waals surface area (Å²) < 4.78 is 5.83. The van der Waals surface area contributed by atoms with Crippen molar-refractivity contribution in [3.05, 3.63) is 83.0 Å². The molecule has 2 aromatic rings. The zero-order chi connectivity index (χ0) is 23.2. The van der Waals surface area contributed by atoms with Crippen LogP contribution >= 0.6 is 0 Å². The zero-order valence-electron chi connectivity index (χ0n) is 20.1. The monoisotopic (exact) mass is 444 g/mol. The van der Waals surface area contributed by atoms with Crippen molar-refractivity contribution in [2.24, 2.45) is 5.92 Å². The number of nitrogens with zero attached hydrogens (tertiary/aromatic N) is 1. The summed E-state index contributed by atoms with van der Waals surface area (Å²) in [5.41, 5.74) is 5.77. The number of ether oxygens (including phenoxy) is 1. The van der Waals surface area contributed by atoms with Gasteiger partial charge in [-0.25, -0.2) is 0 Å². The van der Waals surface area contributed by atoms with E-state index >= 15 is 0 Å². The van der Waals surface area contributed by atoms with Gasteiger partial charge in [0, 0.05) is 29.8 Å². The summed E-state index contributed by atoms with van der Waals surface area (Å²) in [5, 5.41) is 3.14. The second-order valence-corrected chi connectivity index (χ2v) is 9.58. The lowest BCUT2D eigenvalue weighted by Gasteiger charge is -2.25. The van der Waals surface area contributed by atoms with Crippen molar-refractivity contribution in [2.45, 2.75) is 44.9 Å². The molecule has 2 aliphatic carbocycles. The molecule has 0 aliphatic heterocycles. The summed E-state index contributed by atoms with van der Waals surface area (Å²) >= 11 is 0. The van der Waals surface area contributed by atoms with Gasteiger partial charge in [-0.3, -0.25) is 4.79 Å². The van der Waals surface area contributed by atoms with Crippen molar-refractivity contribution in [3.8, 4) is 5.75 Å². The number of hydrogen-bond acceptors (Lipinski definition) is 3. The summed E-state index contributed by atoms with van der Waals surface area (Å²) in [5.74, 6) is 1.63. The molecule has 0 heterocycles. The molecule has 0 aromatic heterocycles. The molecule has 0 spiro atoms. The van der Waals surface area contributed by atoms with Crippen molar-refractivity contribution >= 4 is 11.6 Å². The van der Waals surface area contributed by atoms with Crippen LogP contribution in [-0.2, 0) is 4.79 Å². The Kier molecular flexibility index (Phi) is 7.66. The van der Waals surface area contributed by atoms with Gasteiger partial charge < -0.3 is 15.0 Å². The Hall–Kier alpha value is -2.85. The number of aryl methyl sites for hydroxylation is 1. The maximum atomic E-state index is 13.3. The number of likely N-dealkylation sites (N-methyl/N-ethyl adjacent to an activating group) is 1. The van der Waals surface area contributed by atoms with Gasteiger partial charge in [-0.2, -0.15) is 0 Å². The maximum absolute atomic E-state index is 13.3. The maximum Gasteiger partial charge on any atom is 0.251 e. The summed E-state index contributed by atoms with van der Waals surface area (Å²) in [6, 6.07) is 16.6. The van der Waals surface area contributed by atoms with E-state index < -0.39 is 0 Å². The Morgan fingerprint density at radius 3 is 2.61 bits per heavy atom. The first-order valence-corrected chi connectivity index (χ1v) is 12.2. The van der Waals surface area contributed by atoms with Crippen LogP contribution in [0.15, 0.2) is 71.8 Å². The second kappa shape index (κ2) is 10.8. The van der Waals surface area contributed by atoms with Crippen molar-refractivity contribution in [1.82, 2.24) is 4.90 Å². The average molecular weight is 445 g/mol. The lowest BCUT2D eigenvalue weighted by Crippen LogP contribution is -2.21. The Labute approximate surface area is 198 Å². The fourth-order valence-corrected chi connectivity index (χ4v) is 4.85. The molecule has 2 aromatic carbocycles. The van der Waals surface area contributed by atoms with Crippen molar-refractivity contribution in [2.75, 3.05) is 32.6 Å². The number of amides is 1. The van der Waals surface area contributed by atoms with E-state index in [0.29, 0.717) is 18.4 Å². The molecule has 1 amide bonds. The number of carbonyl (C=O) groups is 1. The Morgan fingerprint density at radius 1 is 1.03 bits per heavy atom. The minimum absolute atomic E-state index is 0.0438. The molecule has 4 rings (SSSR count). The lowest BCUT2D eigenvalue weighted by atomic mass is 9.80. The van der Waals surface area contributed by atoms with Crippen LogP contribution in [-0.4, -0.2) is 38.1 Å². The fourth-order valence-electron chi connectivity index (χ4n) is 4.85. The number of benzene rings is 2. The van der Waals surface area contributed by atoms with Gasteiger partial charge in [-0.1, -0.05) is 53.6 Å². The molecule has 0 radical (unpaired) electrons. The van der Waals surface area contributed by atoms with Gasteiger partial charge in [0.15, 0.2) is 0 Å². The molecule has 2 atom stereocenters.